The second-order valence-electron chi connectivity index (χ2n) is 7.18. The quantitative estimate of drug-likeness (QED) is 0.722. The molecule has 6 heteroatoms. The van der Waals surface area contributed by atoms with E-state index < -0.39 is 0 Å². The summed E-state index contributed by atoms with van der Waals surface area (Å²) in [5, 5.41) is 9.32. The Morgan fingerprint density at radius 3 is 2.48 bits per heavy atom. The molecule has 3 N–H and O–H groups in total. The van der Waals surface area contributed by atoms with E-state index in [9.17, 15) is 9.59 Å². The van der Waals surface area contributed by atoms with Gasteiger partial charge in [-0.05, 0) is 44.0 Å². The number of nitrogens with one attached hydrogen (secondary N) is 3. The average molecular weight is 344 g/mol. The largest absolute Gasteiger partial charge is 0.353 e. The number of nitrogens with zero attached hydrogens (tertiary/aromatic N) is 1. The van der Waals surface area contributed by atoms with Gasteiger partial charge >= 0.3 is 0 Å². The molecular formula is C19H28N4O2. The summed E-state index contributed by atoms with van der Waals surface area (Å²) in [6.07, 6.45) is 1.81. The van der Waals surface area contributed by atoms with Crippen molar-refractivity contribution < 1.29 is 9.59 Å². The third-order valence-corrected chi connectivity index (χ3v) is 5.29. The van der Waals surface area contributed by atoms with E-state index in [2.05, 4.69) is 20.9 Å². The van der Waals surface area contributed by atoms with Gasteiger partial charge in [-0.25, -0.2) is 0 Å². The molecule has 6 nitrogen and oxygen atoms in total. The summed E-state index contributed by atoms with van der Waals surface area (Å²) in [5.74, 6) is 0.740. The number of carbonyl (C=O) groups excluding carboxylic acids is 2. The van der Waals surface area contributed by atoms with Gasteiger partial charge in [-0.1, -0.05) is 25.1 Å². The van der Waals surface area contributed by atoms with Crippen LogP contribution in [0, 0.1) is 11.8 Å². The molecule has 25 heavy (non-hydrogen) atoms. The molecule has 1 aromatic carbocycles. The highest BCUT2D eigenvalue weighted by atomic mass is 16.2. The summed E-state index contributed by atoms with van der Waals surface area (Å²) in [6, 6.07) is 9.75. The average Bonchev–Trinajstić information content (AvgIpc) is 2.56. The Morgan fingerprint density at radius 2 is 1.88 bits per heavy atom. The maximum atomic E-state index is 12.3. The molecule has 0 saturated carbocycles. The third kappa shape index (κ3) is 5.03. The smallest absolute Gasteiger partial charge is 0.238 e. The van der Waals surface area contributed by atoms with E-state index in [0.29, 0.717) is 12.5 Å². The summed E-state index contributed by atoms with van der Waals surface area (Å²) in [5.41, 5.74) is 0.828. The van der Waals surface area contributed by atoms with Gasteiger partial charge in [-0.3, -0.25) is 14.5 Å². The lowest BCUT2D eigenvalue weighted by atomic mass is 9.88. The molecule has 2 aliphatic heterocycles. The maximum absolute atomic E-state index is 12.3. The van der Waals surface area contributed by atoms with Crippen LogP contribution in [0.5, 0.6) is 0 Å². The molecule has 0 radical (unpaired) electrons. The van der Waals surface area contributed by atoms with Crippen LogP contribution in [0.4, 0.5) is 5.69 Å². The van der Waals surface area contributed by atoms with Crippen molar-refractivity contribution in [3.63, 3.8) is 0 Å². The van der Waals surface area contributed by atoms with Crippen molar-refractivity contribution in [3.05, 3.63) is 30.3 Å². The summed E-state index contributed by atoms with van der Waals surface area (Å²) in [4.78, 5) is 26.6. The van der Waals surface area contributed by atoms with Gasteiger partial charge in [0.15, 0.2) is 0 Å². The van der Waals surface area contributed by atoms with Gasteiger partial charge < -0.3 is 16.0 Å². The number of hydrogen-bond acceptors (Lipinski definition) is 4. The zero-order chi connectivity index (χ0) is 17.6. The first-order chi connectivity index (χ1) is 12.1. The lowest BCUT2D eigenvalue weighted by Gasteiger charge is -2.35. The number of para-hydroxylation sites is 1. The van der Waals surface area contributed by atoms with E-state index >= 15 is 0 Å². The number of likely N-dealkylation sites (tertiary alicyclic amines) is 1. The minimum absolute atomic E-state index is 0.0137. The Kier molecular flexibility index (Phi) is 6.04. The molecule has 136 valence electrons. The normalized spacial score (nSPS) is 20.5. The maximum Gasteiger partial charge on any atom is 0.238 e. The van der Waals surface area contributed by atoms with Crippen molar-refractivity contribution in [2.24, 2.45) is 11.8 Å². The SMILES string of the molecule is CC(C(=O)NC1CCN(CC(=O)Nc2ccccc2)CC1)C1CNC1. The van der Waals surface area contributed by atoms with E-state index in [-0.39, 0.29) is 23.8 Å². The standard InChI is InChI=1S/C19H28N4O2/c1-14(15-11-20-12-15)19(25)22-17-7-9-23(10-8-17)13-18(24)21-16-5-3-2-4-6-16/h2-6,14-15,17,20H,7-13H2,1H3,(H,21,24)(H,22,25). The number of amides is 2. The third-order valence-electron chi connectivity index (χ3n) is 5.29. The van der Waals surface area contributed by atoms with Gasteiger partial charge in [-0.2, -0.15) is 0 Å². The predicted molar refractivity (Wildman–Crippen MR) is 98.2 cm³/mol. The van der Waals surface area contributed by atoms with E-state index in [0.717, 1.165) is 44.7 Å². The Hall–Kier alpha value is -1.92. The van der Waals surface area contributed by atoms with Crippen LogP contribution in [0.2, 0.25) is 0 Å². The molecule has 3 rings (SSSR count). The monoisotopic (exact) mass is 344 g/mol. The van der Waals surface area contributed by atoms with Crippen molar-refractivity contribution in [2.45, 2.75) is 25.8 Å². The number of benzene rings is 1. The second kappa shape index (κ2) is 8.45. The molecule has 1 aromatic rings. The molecule has 0 aliphatic carbocycles. The molecule has 0 bridgehead atoms. The zero-order valence-electron chi connectivity index (χ0n) is 14.8. The van der Waals surface area contributed by atoms with Gasteiger partial charge in [0, 0.05) is 30.7 Å². The highest BCUT2D eigenvalue weighted by molar-refractivity contribution is 5.92. The Bertz CT molecular complexity index is 580. The van der Waals surface area contributed by atoms with Gasteiger partial charge in [-0.15, -0.1) is 0 Å². The molecule has 0 spiro atoms. The second-order valence-corrected chi connectivity index (χ2v) is 7.18. The lowest BCUT2D eigenvalue weighted by molar-refractivity contribution is -0.128. The molecule has 2 saturated heterocycles. The summed E-state index contributed by atoms with van der Waals surface area (Å²) >= 11 is 0. The van der Waals surface area contributed by atoms with Gasteiger partial charge in [0.05, 0.1) is 6.54 Å². The molecule has 2 amide bonds. The summed E-state index contributed by atoms with van der Waals surface area (Å²) in [7, 11) is 0. The molecule has 2 heterocycles. The Morgan fingerprint density at radius 1 is 1.20 bits per heavy atom. The fourth-order valence-electron chi connectivity index (χ4n) is 3.37. The van der Waals surface area contributed by atoms with Crippen LogP contribution in [-0.4, -0.2) is 55.5 Å². The number of rotatable bonds is 6. The first-order valence-electron chi connectivity index (χ1n) is 9.20. The van der Waals surface area contributed by atoms with Crippen LogP contribution in [-0.2, 0) is 9.59 Å². The van der Waals surface area contributed by atoms with Gasteiger partial charge in [0.2, 0.25) is 11.8 Å². The first kappa shape index (κ1) is 17.9. The van der Waals surface area contributed by atoms with E-state index in [1.807, 2.05) is 37.3 Å². The predicted octanol–water partition coefficient (Wildman–Crippen LogP) is 1.06. The first-order valence-corrected chi connectivity index (χ1v) is 9.20. The van der Waals surface area contributed by atoms with Crippen molar-refractivity contribution >= 4 is 17.5 Å². The summed E-state index contributed by atoms with van der Waals surface area (Å²) in [6.45, 7) is 6.00. The molecular weight excluding hydrogens is 316 g/mol. The minimum atomic E-state index is 0.0137. The zero-order valence-corrected chi connectivity index (χ0v) is 14.8. The topological polar surface area (TPSA) is 73.5 Å². The van der Waals surface area contributed by atoms with E-state index in [1.54, 1.807) is 0 Å². The number of piperidine rings is 1. The van der Waals surface area contributed by atoms with Crippen LogP contribution in [0.25, 0.3) is 0 Å². The molecule has 0 aromatic heterocycles. The van der Waals surface area contributed by atoms with Crippen molar-refractivity contribution in [1.82, 2.24) is 15.5 Å². The molecule has 2 fully saturated rings. The summed E-state index contributed by atoms with van der Waals surface area (Å²) < 4.78 is 0. The molecule has 1 unspecified atom stereocenters. The van der Waals surface area contributed by atoms with Crippen LogP contribution in [0.15, 0.2) is 30.3 Å². The van der Waals surface area contributed by atoms with Crippen molar-refractivity contribution in [3.8, 4) is 0 Å². The fraction of sp³-hybridized carbons (Fsp3) is 0.579. The molecule has 1 atom stereocenters. The van der Waals surface area contributed by atoms with Crippen LogP contribution >= 0.6 is 0 Å². The van der Waals surface area contributed by atoms with Crippen molar-refractivity contribution in [2.75, 3.05) is 38.0 Å². The van der Waals surface area contributed by atoms with Gasteiger partial charge in [0.25, 0.3) is 0 Å². The minimum Gasteiger partial charge on any atom is -0.353 e. The Labute approximate surface area is 149 Å². The van der Waals surface area contributed by atoms with Crippen LogP contribution in [0.3, 0.4) is 0 Å². The highest BCUT2D eigenvalue weighted by Crippen LogP contribution is 2.17. The number of hydrogen-bond donors (Lipinski definition) is 3. The van der Waals surface area contributed by atoms with Crippen LogP contribution < -0.4 is 16.0 Å². The number of anilines is 1. The highest BCUT2D eigenvalue weighted by Gasteiger charge is 2.30. The lowest BCUT2D eigenvalue weighted by Crippen LogP contribution is -2.52. The van der Waals surface area contributed by atoms with Crippen LogP contribution in [0.1, 0.15) is 19.8 Å². The number of carbonyl (C=O) groups is 2. The fourth-order valence-corrected chi connectivity index (χ4v) is 3.37. The van der Waals surface area contributed by atoms with Gasteiger partial charge in [0.1, 0.15) is 0 Å². The van der Waals surface area contributed by atoms with Crippen molar-refractivity contribution in [1.29, 1.82) is 0 Å². The Balaban J connectivity index is 1.36. The van der Waals surface area contributed by atoms with E-state index in [4.69, 9.17) is 0 Å². The van der Waals surface area contributed by atoms with E-state index in [1.165, 1.54) is 0 Å². The molecule has 2 aliphatic rings.